The molecule has 0 saturated heterocycles. The second kappa shape index (κ2) is 6.64. The number of hydrogen-bond acceptors (Lipinski definition) is 2. The highest BCUT2D eigenvalue weighted by Gasteiger charge is 2.20. The van der Waals surface area contributed by atoms with Crippen LogP contribution in [0.2, 0.25) is 0 Å². The van der Waals surface area contributed by atoms with Gasteiger partial charge in [-0.1, -0.05) is 60.7 Å². The fraction of sp³-hybridized carbons (Fsp3) is 0.250. The molecule has 0 aliphatic rings. The first-order chi connectivity index (χ1) is 9.18. The van der Waals surface area contributed by atoms with Gasteiger partial charge in [-0.05, 0) is 18.1 Å². The third-order valence-corrected chi connectivity index (χ3v) is 5.00. The molecule has 0 heterocycles. The predicted octanol–water partition coefficient (Wildman–Crippen LogP) is 3.02. The molecular weight excluding hydrogens is 254 g/mol. The lowest BCUT2D eigenvalue weighted by Gasteiger charge is -2.19. The minimum Gasteiger partial charge on any atom is -0.323 e. The minimum atomic E-state index is -0.971. The monoisotopic (exact) mass is 273 g/mol. The number of hydrogen-bond donors (Lipinski definition) is 1. The molecular formula is C16H19NOS. The zero-order chi connectivity index (χ0) is 13.7. The summed E-state index contributed by atoms with van der Waals surface area (Å²) in [5, 5.41) is -0.0670. The molecule has 0 amide bonds. The molecule has 0 bridgehead atoms. The molecule has 2 aromatic rings. The molecule has 2 N–H and O–H groups in total. The van der Waals surface area contributed by atoms with Gasteiger partial charge in [0.1, 0.15) is 0 Å². The second-order valence-corrected chi connectivity index (χ2v) is 6.45. The van der Waals surface area contributed by atoms with Gasteiger partial charge < -0.3 is 5.73 Å². The fourth-order valence-corrected chi connectivity index (χ4v) is 3.25. The first-order valence-corrected chi connectivity index (χ1v) is 7.78. The minimum absolute atomic E-state index is 0.0670. The van der Waals surface area contributed by atoms with Gasteiger partial charge in [0.25, 0.3) is 0 Å². The molecule has 0 radical (unpaired) electrons. The van der Waals surface area contributed by atoms with Crippen molar-refractivity contribution in [2.24, 2.45) is 5.73 Å². The van der Waals surface area contributed by atoms with E-state index in [9.17, 15) is 4.21 Å². The van der Waals surface area contributed by atoms with Gasteiger partial charge in [0.05, 0.1) is 5.25 Å². The molecule has 3 atom stereocenters. The van der Waals surface area contributed by atoms with Gasteiger partial charge in [-0.3, -0.25) is 4.21 Å². The van der Waals surface area contributed by atoms with Crippen LogP contribution in [0.15, 0.2) is 60.7 Å². The lowest BCUT2D eigenvalue weighted by Crippen LogP contribution is -2.28. The van der Waals surface area contributed by atoms with Crippen molar-refractivity contribution in [2.45, 2.75) is 24.0 Å². The van der Waals surface area contributed by atoms with Crippen molar-refractivity contribution in [2.75, 3.05) is 0 Å². The summed E-state index contributed by atoms with van der Waals surface area (Å²) in [6.45, 7) is 1.96. The largest absolute Gasteiger partial charge is 0.323 e. The van der Waals surface area contributed by atoms with E-state index in [1.54, 1.807) is 0 Å². The third kappa shape index (κ3) is 3.75. The van der Waals surface area contributed by atoms with Crippen LogP contribution >= 0.6 is 0 Å². The van der Waals surface area contributed by atoms with Crippen LogP contribution in [-0.4, -0.2) is 9.46 Å². The quantitative estimate of drug-likeness (QED) is 0.910. The van der Waals surface area contributed by atoms with Crippen molar-refractivity contribution in [3.63, 3.8) is 0 Å². The molecule has 2 rings (SSSR count). The van der Waals surface area contributed by atoms with Crippen molar-refractivity contribution in [1.29, 1.82) is 0 Å². The highest BCUT2D eigenvalue weighted by atomic mass is 32.2. The Labute approximate surface area is 117 Å². The summed E-state index contributed by atoms with van der Waals surface area (Å²) >= 11 is 0. The topological polar surface area (TPSA) is 43.1 Å². The Kier molecular flexibility index (Phi) is 4.88. The Bertz CT molecular complexity index is 527. The molecule has 2 aromatic carbocycles. The van der Waals surface area contributed by atoms with E-state index >= 15 is 0 Å². The standard InChI is InChI=1S/C16H19NOS/c1-13(16(17)15-10-6-3-7-11-15)19(18)12-14-8-4-2-5-9-14/h2-11,13,16H,12,17H2,1H3. The lowest BCUT2D eigenvalue weighted by molar-refractivity contribution is 0.642. The van der Waals surface area contributed by atoms with Crippen LogP contribution in [-0.2, 0) is 16.6 Å². The predicted molar refractivity (Wildman–Crippen MR) is 81.1 cm³/mol. The van der Waals surface area contributed by atoms with E-state index in [4.69, 9.17) is 5.73 Å². The molecule has 19 heavy (non-hydrogen) atoms. The summed E-state index contributed by atoms with van der Waals surface area (Å²) in [7, 11) is -0.971. The van der Waals surface area contributed by atoms with Crippen LogP contribution in [0, 0.1) is 0 Å². The van der Waals surface area contributed by atoms with Crippen LogP contribution in [0.1, 0.15) is 24.1 Å². The Balaban J connectivity index is 2.03. The zero-order valence-electron chi connectivity index (χ0n) is 11.0. The van der Waals surface area contributed by atoms with Crippen LogP contribution in [0.4, 0.5) is 0 Å². The molecule has 100 valence electrons. The van der Waals surface area contributed by atoms with E-state index in [1.165, 1.54) is 0 Å². The normalized spacial score (nSPS) is 15.7. The fourth-order valence-electron chi connectivity index (χ4n) is 1.98. The summed E-state index contributed by atoms with van der Waals surface area (Å²) < 4.78 is 12.4. The van der Waals surface area contributed by atoms with E-state index in [0.29, 0.717) is 5.75 Å². The highest BCUT2D eigenvalue weighted by Crippen LogP contribution is 2.19. The van der Waals surface area contributed by atoms with Crippen molar-refractivity contribution in [3.8, 4) is 0 Å². The van der Waals surface area contributed by atoms with Crippen LogP contribution in [0.25, 0.3) is 0 Å². The number of rotatable bonds is 5. The SMILES string of the molecule is CC(C(N)c1ccccc1)S(=O)Cc1ccccc1. The Morgan fingerprint density at radius 2 is 1.53 bits per heavy atom. The van der Waals surface area contributed by atoms with Gasteiger partial charge in [0.2, 0.25) is 0 Å². The van der Waals surface area contributed by atoms with E-state index < -0.39 is 10.8 Å². The molecule has 0 aromatic heterocycles. The van der Waals surface area contributed by atoms with E-state index in [0.717, 1.165) is 11.1 Å². The van der Waals surface area contributed by atoms with Crippen molar-refractivity contribution < 1.29 is 4.21 Å². The summed E-state index contributed by atoms with van der Waals surface area (Å²) in [5.74, 6) is 0.558. The third-order valence-electron chi connectivity index (χ3n) is 3.26. The zero-order valence-corrected chi connectivity index (χ0v) is 11.8. The van der Waals surface area contributed by atoms with Crippen LogP contribution in [0.3, 0.4) is 0 Å². The maximum absolute atomic E-state index is 12.4. The molecule has 0 spiro atoms. The summed E-state index contributed by atoms with van der Waals surface area (Å²) in [6, 6.07) is 19.6. The van der Waals surface area contributed by atoms with Gasteiger partial charge in [-0.25, -0.2) is 0 Å². The summed E-state index contributed by atoms with van der Waals surface area (Å²) in [4.78, 5) is 0. The van der Waals surface area contributed by atoms with Gasteiger partial charge in [0, 0.05) is 22.6 Å². The van der Waals surface area contributed by atoms with Crippen molar-refractivity contribution in [1.82, 2.24) is 0 Å². The maximum atomic E-state index is 12.4. The molecule has 0 fully saturated rings. The Hall–Kier alpha value is -1.45. The molecule has 3 unspecified atom stereocenters. The lowest BCUT2D eigenvalue weighted by atomic mass is 10.1. The van der Waals surface area contributed by atoms with E-state index in [1.807, 2.05) is 67.6 Å². The van der Waals surface area contributed by atoms with Crippen LogP contribution < -0.4 is 5.73 Å². The molecule has 0 saturated carbocycles. The van der Waals surface area contributed by atoms with E-state index in [-0.39, 0.29) is 11.3 Å². The Morgan fingerprint density at radius 3 is 2.11 bits per heavy atom. The van der Waals surface area contributed by atoms with Gasteiger partial charge >= 0.3 is 0 Å². The Morgan fingerprint density at radius 1 is 1.00 bits per heavy atom. The highest BCUT2D eigenvalue weighted by molar-refractivity contribution is 7.84. The first kappa shape index (κ1) is 14.0. The van der Waals surface area contributed by atoms with Gasteiger partial charge in [-0.2, -0.15) is 0 Å². The molecule has 0 aliphatic heterocycles. The molecule has 0 aliphatic carbocycles. The summed E-state index contributed by atoms with van der Waals surface area (Å²) in [6.07, 6.45) is 0. The average Bonchev–Trinajstić information content (AvgIpc) is 2.47. The first-order valence-electron chi connectivity index (χ1n) is 6.40. The number of nitrogens with two attached hydrogens (primary N) is 1. The van der Waals surface area contributed by atoms with Crippen LogP contribution in [0.5, 0.6) is 0 Å². The molecule has 3 heteroatoms. The second-order valence-electron chi connectivity index (χ2n) is 4.65. The molecule has 2 nitrogen and oxygen atoms in total. The van der Waals surface area contributed by atoms with Gasteiger partial charge in [-0.15, -0.1) is 0 Å². The van der Waals surface area contributed by atoms with Crippen molar-refractivity contribution in [3.05, 3.63) is 71.8 Å². The van der Waals surface area contributed by atoms with Gasteiger partial charge in [0.15, 0.2) is 0 Å². The van der Waals surface area contributed by atoms with Crippen molar-refractivity contribution >= 4 is 10.8 Å². The average molecular weight is 273 g/mol. The smallest absolute Gasteiger partial charge is 0.0516 e. The maximum Gasteiger partial charge on any atom is 0.0516 e. The summed E-state index contributed by atoms with van der Waals surface area (Å²) in [5.41, 5.74) is 8.33. The number of benzene rings is 2. The van der Waals surface area contributed by atoms with E-state index in [2.05, 4.69) is 0 Å².